The van der Waals surface area contributed by atoms with E-state index in [0.29, 0.717) is 18.1 Å². The Morgan fingerprint density at radius 1 is 1.23 bits per heavy atom. The highest BCUT2D eigenvalue weighted by atomic mass is 35.5. The Labute approximate surface area is 139 Å². The van der Waals surface area contributed by atoms with Gasteiger partial charge in [-0.05, 0) is 12.8 Å². The molecule has 0 saturated carbocycles. The summed E-state index contributed by atoms with van der Waals surface area (Å²) >= 11 is 11.7. The van der Waals surface area contributed by atoms with Crippen LogP contribution in [0.5, 0.6) is 0 Å². The molecule has 0 fully saturated rings. The van der Waals surface area contributed by atoms with Crippen LogP contribution in [0.25, 0.3) is 0 Å². The van der Waals surface area contributed by atoms with Crippen molar-refractivity contribution in [3.63, 3.8) is 0 Å². The van der Waals surface area contributed by atoms with E-state index in [1.54, 1.807) is 23.2 Å². The second-order valence-corrected chi connectivity index (χ2v) is 5.27. The monoisotopic (exact) mass is 344 g/mol. The summed E-state index contributed by atoms with van der Waals surface area (Å²) < 4.78 is 8.65. The number of rotatable bonds is 8. The van der Waals surface area contributed by atoms with Crippen LogP contribution in [0, 0.1) is 0 Å². The molecule has 120 valence electrons. The lowest BCUT2D eigenvalue weighted by Crippen LogP contribution is -2.22. The number of methoxy groups -OCH3 is 1. The number of carbonyl (C=O) groups is 1. The minimum absolute atomic E-state index is 0.248. The molecule has 2 aromatic rings. The Bertz CT molecular complexity index is 612. The van der Waals surface area contributed by atoms with Gasteiger partial charge in [0.25, 0.3) is 0 Å². The number of aryl methyl sites for hydroxylation is 1. The summed E-state index contributed by atoms with van der Waals surface area (Å²) in [6, 6.07) is -0.427. The van der Waals surface area contributed by atoms with Crippen molar-refractivity contribution in [3.05, 3.63) is 36.4 Å². The van der Waals surface area contributed by atoms with Crippen molar-refractivity contribution in [1.82, 2.24) is 19.1 Å². The van der Waals surface area contributed by atoms with Crippen LogP contribution in [-0.2, 0) is 27.8 Å². The van der Waals surface area contributed by atoms with Crippen LogP contribution in [0.1, 0.15) is 30.5 Å². The van der Waals surface area contributed by atoms with E-state index in [-0.39, 0.29) is 11.8 Å². The lowest BCUT2D eigenvalue weighted by molar-refractivity contribution is -0.144. The van der Waals surface area contributed by atoms with Gasteiger partial charge in [-0.2, -0.15) is 0 Å². The standard InChI is InChI=1S/C14H18Cl2N4O2/c1-22-14(21)11(20-8-5-18-13(20)10-16)3-2-6-19-7-4-17-12(19)9-15/h4-5,7-8,11H,2-3,6,9-10H2,1H3. The molecule has 0 spiro atoms. The van der Waals surface area contributed by atoms with E-state index in [4.69, 9.17) is 27.9 Å². The number of imidazole rings is 2. The molecule has 1 unspecified atom stereocenters. The number of aromatic nitrogens is 4. The fraction of sp³-hybridized carbons (Fsp3) is 0.500. The maximum Gasteiger partial charge on any atom is 0.328 e. The molecular weight excluding hydrogens is 327 g/mol. The van der Waals surface area contributed by atoms with Crippen LogP contribution in [0.3, 0.4) is 0 Å². The van der Waals surface area contributed by atoms with Crippen LogP contribution < -0.4 is 0 Å². The quantitative estimate of drug-likeness (QED) is 0.545. The molecule has 0 radical (unpaired) electrons. The third kappa shape index (κ3) is 3.81. The molecule has 0 amide bonds. The average Bonchev–Trinajstić information content (AvgIpc) is 3.19. The summed E-state index contributed by atoms with van der Waals surface area (Å²) in [4.78, 5) is 20.4. The van der Waals surface area contributed by atoms with Gasteiger partial charge in [0.2, 0.25) is 0 Å². The van der Waals surface area contributed by atoms with Gasteiger partial charge in [0, 0.05) is 31.3 Å². The maximum absolute atomic E-state index is 12.0. The molecule has 0 aliphatic carbocycles. The lowest BCUT2D eigenvalue weighted by atomic mass is 10.1. The van der Waals surface area contributed by atoms with Gasteiger partial charge in [0.1, 0.15) is 17.7 Å². The average molecular weight is 345 g/mol. The zero-order chi connectivity index (χ0) is 15.9. The van der Waals surface area contributed by atoms with Crippen LogP contribution in [-0.4, -0.2) is 32.2 Å². The molecule has 22 heavy (non-hydrogen) atoms. The lowest BCUT2D eigenvalue weighted by Gasteiger charge is -2.18. The fourth-order valence-electron chi connectivity index (χ4n) is 2.37. The van der Waals surface area contributed by atoms with Gasteiger partial charge in [0.05, 0.1) is 18.9 Å². The van der Waals surface area contributed by atoms with Crippen molar-refractivity contribution in [2.24, 2.45) is 0 Å². The highest BCUT2D eigenvalue weighted by Gasteiger charge is 2.22. The topological polar surface area (TPSA) is 61.9 Å². The summed E-state index contributed by atoms with van der Waals surface area (Å²) in [5, 5.41) is 0. The van der Waals surface area contributed by atoms with Crippen molar-refractivity contribution < 1.29 is 9.53 Å². The Balaban J connectivity index is 2.03. The number of alkyl halides is 2. The van der Waals surface area contributed by atoms with Gasteiger partial charge in [-0.1, -0.05) is 0 Å². The first-order valence-corrected chi connectivity index (χ1v) is 7.99. The van der Waals surface area contributed by atoms with Crippen molar-refractivity contribution >= 4 is 29.2 Å². The summed E-state index contributed by atoms with van der Waals surface area (Å²) in [6.07, 6.45) is 8.38. The molecule has 1 atom stereocenters. The van der Waals surface area contributed by atoms with Crippen LogP contribution in [0.15, 0.2) is 24.8 Å². The number of esters is 1. The molecule has 8 heteroatoms. The van der Waals surface area contributed by atoms with E-state index >= 15 is 0 Å². The predicted molar refractivity (Wildman–Crippen MR) is 83.9 cm³/mol. The molecule has 2 rings (SSSR count). The Hall–Kier alpha value is -1.53. The van der Waals surface area contributed by atoms with Crippen LogP contribution in [0.2, 0.25) is 0 Å². The number of hydrogen-bond acceptors (Lipinski definition) is 4. The Kier molecular flexibility index (Phi) is 6.27. The largest absolute Gasteiger partial charge is 0.467 e. The summed E-state index contributed by atoms with van der Waals surface area (Å²) in [6.45, 7) is 0.737. The van der Waals surface area contributed by atoms with Gasteiger partial charge >= 0.3 is 5.97 Å². The summed E-state index contributed by atoms with van der Waals surface area (Å²) in [5.74, 6) is 1.79. The molecule has 0 aliphatic heterocycles. The Morgan fingerprint density at radius 2 is 1.91 bits per heavy atom. The van der Waals surface area contributed by atoms with E-state index in [0.717, 1.165) is 18.8 Å². The van der Waals surface area contributed by atoms with Crippen molar-refractivity contribution in [2.45, 2.75) is 37.2 Å². The first-order chi connectivity index (χ1) is 10.7. The molecule has 0 saturated heterocycles. The third-order valence-electron chi connectivity index (χ3n) is 3.48. The number of halogens is 2. The third-order valence-corrected chi connectivity index (χ3v) is 3.95. The van der Waals surface area contributed by atoms with E-state index < -0.39 is 6.04 Å². The first kappa shape index (κ1) is 16.8. The summed E-state index contributed by atoms with van der Waals surface area (Å²) in [7, 11) is 1.38. The normalized spacial score (nSPS) is 12.3. The van der Waals surface area contributed by atoms with E-state index in [9.17, 15) is 4.79 Å². The van der Waals surface area contributed by atoms with E-state index in [2.05, 4.69) is 9.97 Å². The zero-order valence-corrected chi connectivity index (χ0v) is 13.8. The van der Waals surface area contributed by atoms with E-state index in [1.807, 2.05) is 10.8 Å². The fourth-order valence-corrected chi connectivity index (χ4v) is 2.80. The maximum atomic E-state index is 12.0. The molecule has 2 aromatic heterocycles. The number of nitrogens with zero attached hydrogens (tertiary/aromatic N) is 4. The van der Waals surface area contributed by atoms with Gasteiger partial charge in [-0.25, -0.2) is 14.8 Å². The smallest absolute Gasteiger partial charge is 0.328 e. The second-order valence-electron chi connectivity index (χ2n) is 4.74. The minimum atomic E-state index is -0.427. The Morgan fingerprint density at radius 3 is 2.59 bits per heavy atom. The highest BCUT2D eigenvalue weighted by Crippen LogP contribution is 2.20. The van der Waals surface area contributed by atoms with Crippen molar-refractivity contribution in [3.8, 4) is 0 Å². The number of carbonyl (C=O) groups excluding carboxylic acids is 1. The van der Waals surface area contributed by atoms with Gasteiger partial charge < -0.3 is 13.9 Å². The highest BCUT2D eigenvalue weighted by molar-refractivity contribution is 6.17. The minimum Gasteiger partial charge on any atom is -0.467 e. The van der Waals surface area contributed by atoms with Crippen LogP contribution in [0.4, 0.5) is 0 Å². The van der Waals surface area contributed by atoms with Gasteiger partial charge in [0.15, 0.2) is 0 Å². The van der Waals surface area contributed by atoms with E-state index in [1.165, 1.54) is 7.11 Å². The number of hydrogen-bond donors (Lipinski definition) is 0. The van der Waals surface area contributed by atoms with Gasteiger partial charge in [-0.3, -0.25) is 0 Å². The molecule has 2 heterocycles. The SMILES string of the molecule is COC(=O)C(CCCn1ccnc1CCl)n1ccnc1CCl. The molecular formula is C14H18Cl2N4O2. The van der Waals surface area contributed by atoms with Gasteiger partial charge in [-0.15, -0.1) is 23.2 Å². The molecule has 0 bridgehead atoms. The number of ether oxygens (including phenoxy) is 1. The molecule has 0 aromatic carbocycles. The zero-order valence-electron chi connectivity index (χ0n) is 12.3. The summed E-state index contributed by atoms with van der Waals surface area (Å²) in [5.41, 5.74) is 0. The molecule has 0 aliphatic rings. The molecule has 6 nitrogen and oxygen atoms in total. The predicted octanol–water partition coefficient (Wildman–Crippen LogP) is 2.75. The molecule has 0 N–H and O–H groups in total. The van der Waals surface area contributed by atoms with Crippen molar-refractivity contribution in [1.29, 1.82) is 0 Å². The van der Waals surface area contributed by atoms with Crippen LogP contribution >= 0.6 is 23.2 Å². The second kappa shape index (κ2) is 8.19. The first-order valence-electron chi connectivity index (χ1n) is 6.92. The van der Waals surface area contributed by atoms with Crippen molar-refractivity contribution in [2.75, 3.05) is 7.11 Å².